The second kappa shape index (κ2) is 4.80. The van der Waals surface area contributed by atoms with Gasteiger partial charge in [0, 0.05) is 28.1 Å². The Morgan fingerprint density at radius 2 is 2.06 bits per heavy atom. The molecule has 0 aliphatic rings. The molecular weight excluding hydrogens is 379 g/mol. The summed E-state index contributed by atoms with van der Waals surface area (Å²) in [6.07, 6.45) is 0. The monoisotopic (exact) mass is 379 g/mol. The predicted molar refractivity (Wildman–Crippen MR) is 60.3 cm³/mol. The van der Waals surface area contributed by atoms with Crippen molar-refractivity contribution >= 4 is 49.1 Å². The van der Waals surface area contributed by atoms with E-state index in [2.05, 4.69) is 20.7 Å². The standard InChI is InChI=1S/C7H2Br2ClF2NO3/c8-4-1-3(13(14)15)2-5(10)6(4)16-7(9,11)12/h1-2H. The molecule has 0 aliphatic carbocycles. The molecule has 0 amide bonds. The number of rotatable bonds is 3. The Bertz CT molecular complexity index is 415. The number of alkyl halides is 3. The average Bonchev–Trinajstić information content (AvgIpc) is 2.09. The summed E-state index contributed by atoms with van der Waals surface area (Å²) in [4.78, 5) is 9.73. The maximum Gasteiger partial charge on any atom is 0.459 e. The summed E-state index contributed by atoms with van der Waals surface area (Å²) in [6, 6.07) is 1.93. The summed E-state index contributed by atoms with van der Waals surface area (Å²) >= 11 is 10.4. The fraction of sp³-hybridized carbons (Fsp3) is 0.143. The van der Waals surface area contributed by atoms with Crippen molar-refractivity contribution in [2.24, 2.45) is 0 Å². The van der Waals surface area contributed by atoms with Gasteiger partial charge in [0.2, 0.25) is 0 Å². The molecule has 0 spiro atoms. The van der Waals surface area contributed by atoms with Crippen LogP contribution in [-0.2, 0) is 0 Å². The van der Waals surface area contributed by atoms with Crippen LogP contribution in [0.5, 0.6) is 5.75 Å². The number of halogens is 5. The number of nitrogens with zero attached hydrogens (tertiary/aromatic N) is 1. The van der Waals surface area contributed by atoms with Gasteiger partial charge in [0.1, 0.15) is 0 Å². The lowest BCUT2D eigenvalue weighted by atomic mass is 10.3. The predicted octanol–water partition coefficient (Wildman–Crippen LogP) is 4.33. The van der Waals surface area contributed by atoms with E-state index in [0.717, 1.165) is 12.1 Å². The highest BCUT2D eigenvalue weighted by atomic mass is 79.9. The van der Waals surface area contributed by atoms with Crippen LogP contribution >= 0.6 is 43.5 Å². The van der Waals surface area contributed by atoms with Gasteiger partial charge in [-0.15, -0.1) is 0 Å². The van der Waals surface area contributed by atoms with Crippen LogP contribution in [0.4, 0.5) is 14.5 Å². The van der Waals surface area contributed by atoms with Gasteiger partial charge in [0.25, 0.3) is 5.69 Å². The molecule has 4 nitrogen and oxygen atoms in total. The van der Waals surface area contributed by atoms with E-state index in [1.807, 2.05) is 15.9 Å². The zero-order valence-corrected chi connectivity index (χ0v) is 11.1. The summed E-state index contributed by atoms with van der Waals surface area (Å²) in [5.74, 6) is -0.380. The van der Waals surface area contributed by atoms with Crippen LogP contribution in [-0.4, -0.2) is 9.94 Å². The number of nitro benzene ring substituents is 1. The minimum Gasteiger partial charge on any atom is -0.421 e. The molecule has 0 unspecified atom stereocenters. The van der Waals surface area contributed by atoms with E-state index in [1.165, 1.54) is 0 Å². The maximum atomic E-state index is 12.5. The molecule has 0 bridgehead atoms. The third-order valence-corrected chi connectivity index (χ3v) is 2.44. The first-order valence-electron chi connectivity index (χ1n) is 3.60. The molecule has 1 aromatic carbocycles. The lowest BCUT2D eigenvalue weighted by molar-refractivity contribution is -0.385. The van der Waals surface area contributed by atoms with Crippen LogP contribution in [0.25, 0.3) is 0 Å². The number of hydrogen-bond acceptors (Lipinski definition) is 3. The van der Waals surface area contributed by atoms with Crippen molar-refractivity contribution in [3.8, 4) is 5.75 Å². The minimum atomic E-state index is -3.60. The Kier molecular flexibility index (Phi) is 4.08. The molecule has 0 aromatic heterocycles. The van der Waals surface area contributed by atoms with Crippen molar-refractivity contribution < 1.29 is 18.4 Å². The Hall–Kier alpha value is -0.470. The molecule has 1 aromatic rings. The molecule has 88 valence electrons. The molecule has 0 radical (unpaired) electrons. The normalized spacial score (nSPS) is 11.3. The highest BCUT2D eigenvalue weighted by molar-refractivity contribution is 9.10. The van der Waals surface area contributed by atoms with E-state index in [-0.39, 0.29) is 20.9 Å². The molecule has 0 N–H and O–H groups in total. The van der Waals surface area contributed by atoms with Crippen LogP contribution < -0.4 is 4.74 Å². The summed E-state index contributed by atoms with van der Waals surface area (Å²) in [6.45, 7) is 0. The number of nitro groups is 1. The zero-order valence-electron chi connectivity index (χ0n) is 7.22. The molecular formula is C7H2Br2ClF2NO3. The fourth-order valence-corrected chi connectivity index (χ4v) is 1.92. The molecule has 0 saturated heterocycles. The van der Waals surface area contributed by atoms with Gasteiger partial charge >= 0.3 is 5.02 Å². The molecule has 0 saturated carbocycles. The first-order chi connectivity index (χ1) is 7.20. The van der Waals surface area contributed by atoms with Crippen molar-refractivity contribution in [2.45, 2.75) is 5.02 Å². The third-order valence-electron chi connectivity index (χ3n) is 1.41. The smallest absolute Gasteiger partial charge is 0.421 e. The van der Waals surface area contributed by atoms with Crippen molar-refractivity contribution in [1.82, 2.24) is 0 Å². The van der Waals surface area contributed by atoms with Gasteiger partial charge < -0.3 is 4.74 Å². The van der Waals surface area contributed by atoms with Crippen molar-refractivity contribution in [3.63, 3.8) is 0 Å². The summed E-state index contributed by atoms with van der Waals surface area (Å²) in [7, 11) is 0. The minimum absolute atomic E-state index is 0.0363. The number of benzene rings is 1. The van der Waals surface area contributed by atoms with Gasteiger partial charge in [-0.1, -0.05) is 11.6 Å². The molecule has 0 heterocycles. The third kappa shape index (κ3) is 3.53. The van der Waals surface area contributed by atoms with Crippen LogP contribution in [0.1, 0.15) is 0 Å². The molecule has 0 aliphatic heterocycles. The lowest BCUT2D eigenvalue weighted by Crippen LogP contribution is -2.15. The highest BCUT2D eigenvalue weighted by Gasteiger charge is 2.29. The Balaban J connectivity index is 3.18. The SMILES string of the molecule is O=[N+]([O-])c1cc(Cl)c(OC(F)(F)Br)c(Br)c1. The molecule has 1 rings (SSSR count). The zero-order chi connectivity index (χ0) is 12.5. The maximum absolute atomic E-state index is 12.5. The van der Waals surface area contributed by atoms with E-state index in [4.69, 9.17) is 11.6 Å². The second-order valence-corrected chi connectivity index (χ2v) is 4.73. The molecule has 16 heavy (non-hydrogen) atoms. The van der Waals surface area contributed by atoms with Gasteiger partial charge in [-0.05, 0) is 15.9 Å². The quantitative estimate of drug-likeness (QED) is 0.445. The van der Waals surface area contributed by atoms with E-state index in [1.54, 1.807) is 0 Å². The Labute approximate surface area is 110 Å². The van der Waals surface area contributed by atoms with Crippen molar-refractivity contribution in [1.29, 1.82) is 0 Å². The van der Waals surface area contributed by atoms with Gasteiger partial charge in [0.05, 0.1) is 14.4 Å². The van der Waals surface area contributed by atoms with E-state index in [0.29, 0.717) is 0 Å². The summed E-state index contributed by atoms with van der Waals surface area (Å²) < 4.78 is 29.2. The average molecular weight is 381 g/mol. The van der Waals surface area contributed by atoms with Gasteiger partial charge in [-0.25, -0.2) is 0 Å². The van der Waals surface area contributed by atoms with Crippen molar-refractivity contribution in [3.05, 3.63) is 31.7 Å². The largest absolute Gasteiger partial charge is 0.459 e. The first-order valence-corrected chi connectivity index (χ1v) is 5.56. The van der Waals surface area contributed by atoms with Crippen LogP contribution in [0, 0.1) is 10.1 Å². The highest BCUT2D eigenvalue weighted by Crippen LogP contribution is 2.40. The number of non-ortho nitro benzene ring substituents is 1. The van der Waals surface area contributed by atoms with Gasteiger partial charge in [0.15, 0.2) is 5.75 Å². The van der Waals surface area contributed by atoms with E-state index < -0.39 is 9.94 Å². The first kappa shape index (κ1) is 13.6. The van der Waals surface area contributed by atoms with Crippen LogP contribution in [0.15, 0.2) is 16.6 Å². The van der Waals surface area contributed by atoms with E-state index in [9.17, 15) is 18.9 Å². The topological polar surface area (TPSA) is 52.4 Å². The summed E-state index contributed by atoms with van der Waals surface area (Å²) in [5.41, 5.74) is -0.331. The molecule has 0 fully saturated rings. The molecule has 0 atom stereocenters. The van der Waals surface area contributed by atoms with Crippen molar-refractivity contribution in [2.75, 3.05) is 0 Å². The lowest BCUT2D eigenvalue weighted by Gasteiger charge is -2.13. The van der Waals surface area contributed by atoms with Gasteiger partial charge in [-0.3, -0.25) is 10.1 Å². The molecule has 9 heteroatoms. The Morgan fingerprint density at radius 1 is 1.50 bits per heavy atom. The van der Waals surface area contributed by atoms with Crippen LogP contribution in [0.2, 0.25) is 5.02 Å². The Morgan fingerprint density at radius 3 is 2.44 bits per heavy atom. The second-order valence-electron chi connectivity index (χ2n) is 2.54. The fourth-order valence-electron chi connectivity index (χ4n) is 0.865. The van der Waals surface area contributed by atoms with E-state index >= 15 is 0 Å². The van der Waals surface area contributed by atoms with Crippen LogP contribution in [0.3, 0.4) is 0 Å². The number of hydrogen-bond donors (Lipinski definition) is 0. The van der Waals surface area contributed by atoms with Gasteiger partial charge in [-0.2, -0.15) is 8.78 Å². The summed E-state index contributed by atoms with van der Waals surface area (Å²) in [5, 5.41) is 6.54. The number of ether oxygens (including phenoxy) is 1.